The van der Waals surface area contributed by atoms with E-state index in [2.05, 4.69) is 0 Å². The first-order chi connectivity index (χ1) is 11.8. The van der Waals surface area contributed by atoms with Crippen LogP contribution in [0.2, 0.25) is 0 Å². The highest BCUT2D eigenvalue weighted by molar-refractivity contribution is 6.32. The number of phenols is 2. The summed E-state index contributed by atoms with van der Waals surface area (Å²) < 4.78 is 0. The number of anilines is 1. The van der Waals surface area contributed by atoms with Gasteiger partial charge in [-0.15, -0.1) is 0 Å². The lowest BCUT2D eigenvalue weighted by Crippen LogP contribution is -2.39. The quantitative estimate of drug-likeness (QED) is 0.764. The Morgan fingerprint density at radius 2 is 1.36 bits per heavy atom. The number of nitrogens with zero attached hydrogens (tertiary/aromatic N) is 1. The van der Waals surface area contributed by atoms with E-state index in [1.54, 1.807) is 6.07 Å². The van der Waals surface area contributed by atoms with Crippen LogP contribution in [0.3, 0.4) is 0 Å². The minimum Gasteiger partial charge on any atom is -0.507 e. The molecular formula is C20H21NO4. The summed E-state index contributed by atoms with van der Waals surface area (Å²) in [5.74, 6) is -1.35. The fourth-order valence-corrected chi connectivity index (χ4v) is 3.64. The normalized spacial score (nSPS) is 13.2. The third kappa shape index (κ3) is 2.47. The maximum Gasteiger partial charge on any atom is 0.200 e. The van der Waals surface area contributed by atoms with E-state index < -0.39 is 11.6 Å². The van der Waals surface area contributed by atoms with Crippen molar-refractivity contribution in [2.45, 2.75) is 39.8 Å². The second-order valence-corrected chi connectivity index (χ2v) is 6.81. The lowest BCUT2D eigenvalue weighted by Gasteiger charge is -2.36. The Morgan fingerprint density at radius 1 is 0.760 bits per heavy atom. The van der Waals surface area contributed by atoms with Crippen molar-refractivity contribution in [2.75, 3.05) is 4.90 Å². The topological polar surface area (TPSA) is 77.8 Å². The third-order valence-corrected chi connectivity index (χ3v) is 4.52. The number of ketones is 2. The Hall–Kier alpha value is -2.82. The van der Waals surface area contributed by atoms with E-state index in [0.29, 0.717) is 5.69 Å². The minimum atomic E-state index is -0.452. The van der Waals surface area contributed by atoms with Gasteiger partial charge in [0.2, 0.25) is 0 Å². The maximum absolute atomic E-state index is 13.1. The van der Waals surface area contributed by atoms with E-state index in [0.717, 1.165) is 0 Å². The Labute approximate surface area is 146 Å². The molecule has 130 valence electrons. The van der Waals surface area contributed by atoms with Gasteiger partial charge in [-0.25, -0.2) is 0 Å². The van der Waals surface area contributed by atoms with E-state index in [4.69, 9.17) is 0 Å². The molecule has 0 unspecified atom stereocenters. The standard InChI is InChI=1S/C20H21NO4/c1-10(2)21(11(3)4)13-8-9-15(23)18-17(13)20(25)16-12(19(18)24)6-5-7-14(16)22/h5-11,22-23H,1-4H3. The monoisotopic (exact) mass is 339 g/mol. The predicted octanol–water partition coefficient (Wildman–Crippen LogP) is 3.50. The molecule has 1 aliphatic carbocycles. The third-order valence-electron chi connectivity index (χ3n) is 4.52. The summed E-state index contributed by atoms with van der Waals surface area (Å²) in [5.41, 5.74) is 0.864. The van der Waals surface area contributed by atoms with Crippen LogP contribution in [-0.2, 0) is 0 Å². The number of carbonyl (C=O) groups excluding carboxylic acids is 2. The molecular weight excluding hydrogens is 318 g/mol. The van der Waals surface area contributed by atoms with Gasteiger partial charge in [0, 0.05) is 23.3 Å². The van der Waals surface area contributed by atoms with Crippen LogP contribution in [0.15, 0.2) is 30.3 Å². The first-order valence-corrected chi connectivity index (χ1v) is 8.31. The second kappa shape index (κ2) is 5.92. The highest BCUT2D eigenvalue weighted by atomic mass is 16.3. The van der Waals surface area contributed by atoms with Crippen LogP contribution in [0.5, 0.6) is 11.5 Å². The van der Waals surface area contributed by atoms with Crippen molar-refractivity contribution in [3.63, 3.8) is 0 Å². The van der Waals surface area contributed by atoms with Gasteiger partial charge in [0.15, 0.2) is 11.6 Å². The SMILES string of the molecule is CC(C)N(c1ccc(O)c2c1C(=O)c1c(O)cccc1C2=O)C(C)C. The number of phenolic OH excluding ortho intramolecular Hbond substituents is 2. The Balaban J connectivity index is 2.35. The van der Waals surface area contributed by atoms with Crippen LogP contribution in [0, 0.1) is 0 Å². The number of benzene rings is 2. The number of hydrogen-bond donors (Lipinski definition) is 2. The molecule has 0 aliphatic heterocycles. The summed E-state index contributed by atoms with van der Waals surface area (Å²) in [6.07, 6.45) is 0. The van der Waals surface area contributed by atoms with E-state index in [1.165, 1.54) is 24.3 Å². The van der Waals surface area contributed by atoms with Gasteiger partial charge >= 0.3 is 0 Å². The van der Waals surface area contributed by atoms with E-state index in [-0.39, 0.29) is 45.8 Å². The van der Waals surface area contributed by atoms with Crippen molar-refractivity contribution < 1.29 is 19.8 Å². The van der Waals surface area contributed by atoms with Gasteiger partial charge in [-0.2, -0.15) is 0 Å². The van der Waals surface area contributed by atoms with Crippen molar-refractivity contribution in [2.24, 2.45) is 0 Å². The lowest BCUT2D eigenvalue weighted by molar-refractivity contribution is 0.0974. The van der Waals surface area contributed by atoms with E-state index in [1.807, 2.05) is 32.6 Å². The molecule has 1 aliphatic rings. The van der Waals surface area contributed by atoms with Gasteiger partial charge in [-0.1, -0.05) is 12.1 Å². The smallest absolute Gasteiger partial charge is 0.200 e. The lowest BCUT2D eigenvalue weighted by atomic mass is 9.81. The molecule has 5 nitrogen and oxygen atoms in total. The van der Waals surface area contributed by atoms with Gasteiger partial charge in [0.25, 0.3) is 0 Å². The Bertz CT molecular complexity index is 876. The predicted molar refractivity (Wildman–Crippen MR) is 95.8 cm³/mol. The summed E-state index contributed by atoms with van der Waals surface area (Å²) in [7, 11) is 0. The number of aromatic hydroxyl groups is 2. The van der Waals surface area contributed by atoms with E-state index in [9.17, 15) is 19.8 Å². The van der Waals surface area contributed by atoms with Crippen LogP contribution in [-0.4, -0.2) is 33.9 Å². The van der Waals surface area contributed by atoms with Crippen molar-refractivity contribution >= 4 is 17.3 Å². The molecule has 5 heteroatoms. The second-order valence-electron chi connectivity index (χ2n) is 6.81. The zero-order chi connectivity index (χ0) is 18.5. The summed E-state index contributed by atoms with van der Waals surface area (Å²) in [6.45, 7) is 8.00. The summed E-state index contributed by atoms with van der Waals surface area (Å²) in [6, 6.07) is 7.67. The molecule has 0 amide bonds. The molecule has 0 saturated heterocycles. The van der Waals surface area contributed by atoms with Gasteiger partial charge in [0.1, 0.15) is 11.5 Å². The molecule has 2 aromatic carbocycles. The molecule has 0 bridgehead atoms. The molecule has 25 heavy (non-hydrogen) atoms. The number of fused-ring (bicyclic) bond motifs is 2. The van der Waals surface area contributed by atoms with Crippen LogP contribution < -0.4 is 4.90 Å². The first-order valence-electron chi connectivity index (χ1n) is 8.31. The zero-order valence-corrected chi connectivity index (χ0v) is 14.7. The first kappa shape index (κ1) is 17.0. The van der Waals surface area contributed by atoms with E-state index >= 15 is 0 Å². The molecule has 0 saturated carbocycles. The fourth-order valence-electron chi connectivity index (χ4n) is 3.64. The van der Waals surface area contributed by atoms with Gasteiger partial charge in [0.05, 0.1) is 16.7 Å². The molecule has 0 radical (unpaired) electrons. The summed E-state index contributed by atoms with van der Waals surface area (Å²) >= 11 is 0. The zero-order valence-electron chi connectivity index (χ0n) is 14.7. The largest absolute Gasteiger partial charge is 0.507 e. The fraction of sp³-hybridized carbons (Fsp3) is 0.300. The molecule has 0 fully saturated rings. The Morgan fingerprint density at radius 3 is 1.96 bits per heavy atom. The molecule has 0 spiro atoms. The van der Waals surface area contributed by atoms with Crippen molar-refractivity contribution in [3.05, 3.63) is 52.6 Å². The van der Waals surface area contributed by atoms with Crippen molar-refractivity contribution in [3.8, 4) is 11.5 Å². The maximum atomic E-state index is 13.1. The van der Waals surface area contributed by atoms with Crippen LogP contribution in [0.4, 0.5) is 5.69 Å². The Kier molecular flexibility index (Phi) is 4.03. The number of carbonyl (C=O) groups is 2. The van der Waals surface area contributed by atoms with Crippen LogP contribution >= 0.6 is 0 Å². The van der Waals surface area contributed by atoms with Crippen molar-refractivity contribution in [1.82, 2.24) is 0 Å². The van der Waals surface area contributed by atoms with Gasteiger partial charge < -0.3 is 15.1 Å². The van der Waals surface area contributed by atoms with Gasteiger partial charge in [-0.3, -0.25) is 9.59 Å². The minimum absolute atomic E-state index is 0.000637. The summed E-state index contributed by atoms with van der Waals surface area (Å²) in [5, 5.41) is 20.4. The van der Waals surface area contributed by atoms with Crippen molar-refractivity contribution in [1.29, 1.82) is 0 Å². The number of rotatable bonds is 3. The molecule has 0 heterocycles. The molecule has 0 atom stereocenters. The molecule has 3 rings (SSSR count). The number of hydrogen-bond acceptors (Lipinski definition) is 5. The highest BCUT2D eigenvalue weighted by Gasteiger charge is 2.37. The molecule has 0 aromatic heterocycles. The van der Waals surface area contributed by atoms with Gasteiger partial charge in [-0.05, 0) is 45.9 Å². The molecule has 2 N–H and O–H groups in total. The highest BCUT2D eigenvalue weighted by Crippen LogP contribution is 2.41. The average molecular weight is 339 g/mol. The van der Waals surface area contributed by atoms with Crippen LogP contribution in [0.1, 0.15) is 59.5 Å². The summed E-state index contributed by atoms with van der Waals surface area (Å²) in [4.78, 5) is 28.1. The average Bonchev–Trinajstić information content (AvgIpc) is 2.53. The van der Waals surface area contributed by atoms with Crippen LogP contribution in [0.25, 0.3) is 0 Å². The molecule has 2 aromatic rings.